The summed E-state index contributed by atoms with van der Waals surface area (Å²) in [5.41, 5.74) is -1.88. The van der Waals surface area contributed by atoms with E-state index in [-0.39, 0.29) is 30.6 Å². The van der Waals surface area contributed by atoms with E-state index in [0.29, 0.717) is 40.7 Å². The first-order chi connectivity index (χ1) is 22.0. The molecular formula is C32H25F7N4O3S. The van der Waals surface area contributed by atoms with E-state index in [4.69, 9.17) is 0 Å². The van der Waals surface area contributed by atoms with Crippen molar-refractivity contribution >= 4 is 21.9 Å². The molecule has 0 radical (unpaired) electrons. The van der Waals surface area contributed by atoms with E-state index in [1.807, 2.05) is 0 Å². The molecular weight excluding hydrogens is 653 g/mol. The number of hydrogen-bond acceptors (Lipinski definition) is 5. The number of halogens is 7. The van der Waals surface area contributed by atoms with Crippen LogP contribution in [-0.4, -0.2) is 46.4 Å². The van der Waals surface area contributed by atoms with E-state index in [9.17, 15) is 43.9 Å². The SMILES string of the molecule is CN([C@H]1CCC2=Cc3c(cnn3-c3ccc(F)cc3)C[C@]2(C(=O)c2cc(C(F)(F)F)ccn2)C1)S(=O)(=O)c1ccc(C(F)(F)F)cc1. The number of ketones is 1. The summed E-state index contributed by atoms with van der Waals surface area (Å²) >= 11 is 0. The van der Waals surface area contributed by atoms with Crippen LogP contribution in [0.5, 0.6) is 0 Å². The van der Waals surface area contributed by atoms with Crippen molar-refractivity contribution < 1.29 is 43.9 Å². The molecule has 15 heteroatoms. The van der Waals surface area contributed by atoms with Crippen LogP contribution < -0.4 is 0 Å². The lowest BCUT2D eigenvalue weighted by Gasteiger charge is -2.45. The fourth-order valence-electron chi connectivity index (χ4n) is 6.34. The van der Waals surface area contributed by atoms with Gasteiger partial charge in [-0.15, -0.1) is 0 Å². The molecule has 0 unspecified atom stereocenters. The van der Waals surface area contributed by atoms with E-state index >= 15 is 0 Å². The Labute approximate surface area is 264 Å². The van der Waals surface area contributed by atoms with Gasteiger partial charge in [0.15, 0.2) is 5.78 Å². The van der Waals surface area contributed by atoms with Crippen molar-refractivity contribution in [3.8, 4) is 5.69 Å². The molecule has 2 atom stereocenters. The third-order valence-electron chi connectivity index (χ3n) is 8.83. The van der Waals surface area contributed by atoms with Crippen LogP contribution in [0.2, 0.25) is 0 Å². The van der Waals surface area contributed by atoms with Crippen molar-refractivity contribution in [1.82, 2.24) is 19.1 Å². The Kier molecular flexibility index (Phi) is 7.90. The van der Waals surface area contributed by atoms with E-state index in [0.717, 1.165) is 28.7 Å². The molecule has 2 heterocycles. The number of fused-ring (bicyclic) bond motifs is 2. The fraction of sp³-hybridized carbons (Fsp3) is 0.281. The van der Waals surface area contributed by atoms with Gasteiger partial charge in [0.05, 0.1) is 39.0 Å². The Morgan fingerprint density at radius 2 is 1.62 bits per heavy atom. The molecule has 2 aliphatic carbocycles. The highest BCUT2D eigenvalue weighted by molar-refractivity contribution is 7.89. The van der Waals surface area contributed by atoms with Gasteiger partial charge in [-0.2, -0.15) is 35.7 Å². The topological polar surface area (TPSA) is 85.2 Å². The maximum atomic E-state index is 14.4. The van der Waals surface area contributed by atoms with Crippen LogP contribution in [0.1, 0.15) is 52.1 Å². The molecule has 2 aliphatic rings. The number of allylic oxidation sites excluding steroid dienone is 1. The molecule has 0 aliphatic heterocycles. The fourth-order valence-corrected chi connectivity index (χ4v) is 7.72. The summed E-state index contributed by atoms with van der Waals surface area (Å²) in [6.07, 6.45) is -5.16. The Morgan fingerprint density at radius 3 is 2.26 bits per heavy atom. The van der Waals surface area contributed by atoms with Gasteiger partial charge in [-0.05, 0) is 98.0 Å². The van der Waals surface area contributed by atoms with Gasteiger partial charge in [0.25, 0.3) is 0 Å². The van der Waals surface area contributed by atoms with Crippen molar-refractivity contribution in [2.24, 2.45) is 5.41 Å². The summed E-state index contributed by atoms with van der Waals surface area (Å²) in [6, 6.07) is 9.11. The third kappa shape index (κ3) is 5.86. The normalized spacial score (nSPS) is 20.0. The van der Waals surface area contributed by atoms with Gasteiger partial charge in [0.1, 0.15) is 11.5 Å². The van der Waals surface area contributed by atoms with Gasteiger partial charge in [-0.1, -0.05) is 5.57 Å². The van der Waals surface area contributed by atoms with Crippen molar-refractivity contribution in [2.45, 2.75) is 49.0 Å². The van der Waals surface area contributed by atoms with Crippen molar-refractivity contribution in [3.05, 3.63) is 113 Å². The number of sulfonamides is 1. The first-order valence-electron chi connectivity index (χ1n) is 14.3. The van der Waals surface area contributed by atoms with Crippen molar-refractivity contribution in [1.29, 1.82) is 0 Å². The minimum atomic E-state index is -4.75. The molecule has 4 aromatic rings. The molecule has 0 amide bonds. The summed E-state index contributed by atoms with van der Waals surface area (Å²) < 4.78 is 124. The zero-order valence-corrected chi connectivity index (χ0v) is 25.3. The third-order valence-corrected chi connectivity index (χ3v) is 10.8. The smallest absolute Gasteiger partial charge is 0.291 e. The largest absolute Gasteiger partial charge is 0.416 e. The summed E-state index contributed by atoms with van der Waals surface area (Å²) in [5, 5.41) is 4.41. The van der Waals surface area contributed by atoms with Gasteiger partial charge in [-0.25, -0.2) is 17.5 Å². The lowest BCUT2D eigenvalue weighted by atomic mass is 9.60. The maximum absolute atomic E-state index is 14.4. The highest BCUT2D eigenvalue weighted by atomic mass is 32.2. The zero-order chi connectivity index (χ0) is 33.9. The molecule has 0 N–H and O–H groups in total. The minimum absolute atomic E-state index is 0.0449. The van der Waals surface area contributed by atoms with Gasteiger partial charge in [0.2, 0.25) is 10.0 Å². The predicted octanol–water partition coefficient (Wildman–Crippen LogP) is 7.13. The molecule has 7 nitrogen and oxygen atoms in total. The van der Waals surface area contributed by atoms with Crippen LogP contribution in [0.3, 0.4) is 0 Å². The Morgan fingerprint density at radius 1 is 0.957 bits per heavy atom. The highest BCUT2D eigenvalue weighted by Crippen LogP contribution is 2.51. The molecule has 2 aromatic carbocycles. The lowest BCUT2D eigenvalue weighted by Crippen LogP contribution is -2.49. The van der Waals surface area contributed by atoms with Crippen LogP contribution in [0, 0.1) is 11.2 Å². The molecule has 6 rings (SSSR count). The van der Waals surface area contributed by atoms with Gasteiger partial charge >= 0.3 is 12.4 Å². The van der Waals surface area contributed by atoms with Crippen LogP contribution in [0.25, 0.3) is 11.8 Å². The van der Waals surface area contributed by atoms with Crippen LogP contribution in [-0.2, 0) is 28.8 Å². The number of carbonyl (C=O) groups excluding carboxylic acids is 1. The molecule has 0 bridgehead atoms. The van der Waals surface area contributed by atoms with Gasteiger partial charge < -0.3 is 0 Å². The van der Waals surface area contributed by atoms with Crippen molar-refractivity contribution in [3.63, 3.8) is 0 Å². The van der Waals surface area contributed by atoms with Gasteiger partial charge in [0, 0.05) is 19.3 Å². The summed E-state index contributed by atoms with van der Waals surface area (Å²) in [5.74, 6) is -1.19. The second-order valence-electron chi connectivity index (χ2n) is 11.6. The summed E-state index contributed by atoms with van der Waals surface area (Å²) in [7, 11) is -3.10. The monoisotopic (exact) mass is 678 g/mol. The minimum Gasteiger partial charge on any atom is -0.291 e. The number of hydrogen-bond donors (Lipinski definition) is 0. The molecule has 47 heavy (non-hydrogen) atoms. The number of nitrogens with zero attached hydrogens (tertiary/aromatic N) is 4. The Balaban J connectivity index is 1.41. The quantitative estimate of drug-likeness (QED) is 0.160. The van der Waals surface area contributed by atoms with Crippen molar-refractivity contribution in [2.75, 3.05) is 7.05 Å². The number of carbonyl (C=O) groups is 1. The second kappa shape index (κ2) is 11.4. The maximum Gasteiger partial charge on any atom is 0.416 e. The molecule has 2 aromatic heterocycles. The zero-order valence-electron chi connectivity index (χ0n) is 24.5. The molecule has 0 spiro atoms. The van der Waals surface area contributed by atoms with E-state index < -0.39 is 62.3 Å². The lowest BCUT2D eigenvalue weighted by molar-refractivity contribution is -0.138. The molecule has 0 saturated heterocycles. The highest BCUT2D eigenvalue weighted by Gasteiger charge is 2.51. The molecule has 1 saturated carbocycles. The summed E-state index contributed by atoms with van der Waals surface area (Å²) in [6.45, 7) is 0. The van der Waals surface area contributed by atoms with E-state index in [2.05, 4.69) is 10.1 Å². The van der Waals surface area contributed by atoms with Crippen LogP contribution in [0.4, 0.5) is 30.7 Å². The number of pyridine rings is 1. The summed E-state index contributed by atoms with van der Waals surface area (Å²) in [4.78, 5) is 17.9. The number of benzene rings is 2. The number of alkyl halides is 6. The Hall–Kier alpha value is -4.37. The number of rotatable bonds is 6. The van der Waals surface area contributed by atoms with E-state index in [1.165, 1.54) is 37.5 Å². The van der Waals surface area contributed by atoms with Crippen LogP contribution >= 0.6 is 0 Å². The number of aromatic nitrogens is 3. The first-order valence-corrected chi connectivity index (χ1v) is 15.7. The molecule has 1 fully saturated rings. The Bertz CT molecular complexity index is 1990. The average molecular weight is 679 g/mol. The van der Waals surface area contributed by atoms with E-state index in [1.54, 1.807) is 10.8 Å². The molecule has 246 valence electrons. The van der Waals surface area contributed by atoms with Gasteiger partial charge in [-0.3, -0.25) is 9.78 Å². The standard InChI is InChI=1S/C32H25F7N4O3S/c1-42(47(45,46)26-10-3-20(4-11-26)31(34,35)36)25-7-2-21-15-28-19(18-41-43(28)24-8-5-23(33)6-9-24)16-30(21,17-25)29(44)27-14-22(12-13-40-27)32(37,38)39/h3-6,8-15,18,25H,2,7,16-17H2,1H3/t25-,30-/m0/s1. The average Bonchev–Trinajstić information content (AvgIpc) is 3.44. The van der Waals surface area contributed by atoms with Crippen LogP contribution in [0.15, 0.2) is 83.5 Å². The predicted molar refractivity (Wildman–Crippen MR) is 155 cm³/mol. The first kappa shape index (κ1) is 32.6. The number of Topliss-reactive ketones (excluding diaryl/α,β-unsaturated/α-hetero) is 1. The second-order valence-corrected chi connectivity index (χ2v) is 13.6.